The van der Waals surface area contributed by atoms with E-state index >= 15 is 0 Å². The minimum absolute atomic E-state index is 0.0721. The number of anilines is 1. The van der Waals surface area contributed by atoms with Gasteiger partial charge < -0.3 is 19.0 Å². The summed E-state index contributed by atoms with van der Waals surface area (Å²) in [5.74, 6) is 1.05. The lowest BCUT2D eigenvalue weighted by molar-refractivity contribution is -0.133. The molecule has 3 heterocycles. The molecule has 1 saturated heterocycles. The molecule has 1 aromatic carbocycles. The van der Waals surface area contributed by atoms with Crippen molar-refractivity contribution < 1.29 is 13.9 Å². The SMILES string of the molecule is O=C(COc1ccc2ccc(=O)oc2c1)N1CCN(c2ncc(Br)cn2)CC1. The summed E-state index contributed by atoms with van der Waals surface area (Å²) in [5.41, 5.74) is 0.00825. The number of hydrogen-bond donors (Lipinski definition) is 0. The lowest BCUT2D eigenvalue weighted by atomic mass is 10.2. The number of piperazine rings is 1. The largest absolute Gasteiger partial charge is 0.484 e. The van der Waals surface area contributed by atoms with Gasteiger partial charge in [-0.15, -0.1) is 0 Å². The second-order valence-corrected chi connectivity index (χ2v) is 7.23. The molecule has 1 amide bonds. The summed E-state index contributed by atoms with van der Waals surface area (Å²) in [4.78, 5) is 36.2. The van der Waals surface area contributed by atoms with Crippen LogP contribution in [0, 0.1) is 0 Å². The van der Waals surface area contributed by atoms with Gasteiger partial charge in [0.2, 0.25) is 5.95 Å². The minimum Gasteiger partial charge on any atom is -0.484 e. The van der Waals surface area contributed by atoms with Gasteiger partial charge in [-0.25, -0.2) is 14.8 Å². The highest BCUT2D eigenvalue weighted by Gasteiger charge is 2.22. The molecule has 0 spiro atoms. The Balaban J connectivity index is 1.32. The van der Waals surface area contributed by atoms with Crippen molar-refractivity contribution in [1.29, 1.82) is 0 Å². The molecule has 0 N–H and O–H groups in total. The van der Waals surface area contributed by atoms with Gasteiger partial charge in [0.1, 0.15) is 11.3 Å². The van der Waals surface area contributed by atoms with Gasteiger partial charge in [-0.3, -0.25) is 4.79 Å². The van der Waals surface area contributed by atoms with E-state index in [9.17, 15) is 9.59 Å². The summed E-state index contributed by atoms with van der Waals surface area (Å²) < 4.78 is 11.6. The Morgan fingerprint density at radius 1 is 1.11 bits per heavy atom. The molecule has 28 heavy (non-hydrogen) atoms. The van der Waals surface area contributed by atoms with Crippen LogP contribution in [0.5, 0.6) is 5.75 Å². The first-order valence-corrected chi connectivity index (χ1v) is 9.55. The molecule has 9 heteroatoms. The van der Waals surface area contributed by atoms with Gasteiger partial charge in [0.15, 0.2) is 6.61 Å². The predicted molar refractivity (Wildman–Crippen MR) is 107 cm³/mol. The van der Waals surface area contributed by atoms with Crippen molar-refractivity contribution in [3.8, 4) is 5.75 Å². The Morgan fingerprint density at radius 2 is 1.82 bits per heavy atom. The first kappa shape index (κ1) is 18.4. The number of carbonyl (C=O) groups excluding carboxylic acids is 1. The van der Waals surface area contributed by atoms with Crippen LogP contribution in [0.4, 0.5) is 5.95 Å². The van der Waals surface area contributed by atoms with Gasteiger partial charge in [-0.2, -0.15) is 0 Å². The second-order valence-electron chi connectivity index (χ2n) is 6.31. The molecule has 0 bridgehead atoms. The third-order valence-electron chi connectivity index (χ3n) is 4.48. The van der Waals surface area contributed by atoms with Crippen LogP contribution in [0.25, 0.3) is 11.0 Å². The molecule has 3 aromatic rings. The van der Waals surface area contributed by atoms with Gasteiger partial charge >= 0.3 is 5.63 Å². The zero-order valence-corrected chi connectivity index (χ0v) is 16.5. The van der Waals surface area contributed by atoms with Crippen LogP contribution in [0.2, 0.25) is 0 Å². The fourth-order valence-corrected chi connectivity index (χ4v) is 3.20. The van der Waals surface area contributed by atoms with E-state index in [1.165, 1.54) is 6.07 Å². The zero-order chi connectivity index (χ0) is 19.5. The Bertz CT molecular complexity index is 1050. The van der Waals surface area contributed by atoms with Gasteiger partial charge in [0.05, 0.1) is 4.47 Å². The van der Waals surface area contributed by atoms with E-state index in [4.69, 9.17) is 9.15 Å². The first-order valence-electron chi connectivity index (χ1n) is 8.75. The second kappa shape index (κ2) is 7.97. The van der Waals surface area contributed by atoms with Crippen molar-refractivity contribution in [1.82, 2.24) is 14.9 Å². The number of rotatable bonds is 4. The van der Waals surface area contributed by atoms with Gasteiger partial charge in [0.25, 0.3) is 5.91 Å². The van der Waals surface area contributed by atoms with Crippen LogP contribution in [-0.4, -0.2) is 53.6 Å². The molecule has 0 atom stereocenters. The molecule has 1 aliphatic heterocycles. The molecule has 0 radical (unpaired) electrons. The zero-order valence-electron chi connectivity index (χ0n) is 14.9. The van der Waals surface area contributed by atoms with Crippen LogP contribution >= 0.6 is 15.9 Å². The average Bonchev–Trinajstić information content (AvgIpc) is 2.72. The Kier molecular flexibility index (Phi) is 5.25. The Morgan fingerprint density at radius 3 is 2.57 bits per heavy atom. The lowest BCUT2D eigenvalue weighted by Gasteiger charge is -2.34. The molecule has 4 rings (SSSR count). The summed E-state index contributed by atoms with van der Waals surface area (Å²) in [6.45, 7) is 2.41. The number of halogens is 1. The maximum absolute atomic E-state index is 12.4. The molecule has 0 saturated carbocycles. The number of hydrogen-bond acceptors (Lipinski definition) is 7. The highest BCUT2D eigenvalue weighted by Crippen LogP contribution is 2.20. The van der Waals surface area contributed by atoms with E-state index < -0.39 is 5.63 Å². The number of fused-ring (bicyclic) bond motifs is 1. The van der Waals surface area contributed by atoms with Crippen molar-refractivity contribution in [2.45, 2.75) is 0 Å². The monoisotopic (exact) mass is 444 g/mol. The number of ether oxygens (including phenoxy) is 1. The van der Waals surface area contributed by atoms with Crippen molar-refractivity contribution >= 4 is 38.8 Å². The number of amides is 1. The number of carbonyl (C=O) groups is 1. The van der Waals surface area contributed by atoms with Crippen LogP contribution in [0.15, 0.2) is 56.4 Å². The summed E-state index contributed by atoms with van der Waals surface area (Å²) >= 11 is 3.32. The topological polar surface area (TPSA) is 88.8 Å². The highest BCUT2D eigenvalue weighted by atomic mass is 79.9. The molecule has 1 fully saturated rings. The molecular formula is C19H17BrN4O4. The molecule has 1 aliphatic rings. The van der Waals surface area contributed by atoms with E-state index in [1.54, 1.807) is 41.6 Å². The van der Waals surface area contributed by atoms with Crippen molar-refractivity contribution in [2.75, 3.05) is 37.7 Å². The van der Waals surface area contributed by atoms with Crippen molar-refractivity contribution in [2.24, 2.45) is 0 Å². The first-order chi connectivity index (χ1) is 13.6. The summed E-state index contributed by atoms with van der Waals surface area (Å²) in [6, 6.07) is 8.20. The normalized spacial score (nSPS) is 14.3. The van der Waals surface area contributed by atoms with E-state index in [2.05, 4.69) is 25.9 Å². The van der Waals surface area contributed by atoms with Gasteiger partial charge in [-0.05, 0) is 34.1 Å². The highest BCUT2D eigenvalue weighted by molar-refractivity contribution is 9.10. The third-order valence-corrected chi connectivity index (χ3v) is 4.89. The van der Waals surface area contributed by atoms with E-state index in [0.717, 1.165) is 9.86 Å². The smallest absolute Gasteiger partial charge is 0.336 e. The van der Waals surface area contributed by atoms with E-state index in [1.807, 2.05) is 4.90 Å². The fraction of sp³-hybridized carbons (Fsp3) is 0.263. The molecule has 2 aromatic heterocycles. The average molecular weight is 445 g/mol. The van der Waals surface area contributed by atoms with Crippen LogP contribution in [0.1, 0.15) is 0 Å². The van der Waals surface area contributed by atoms with Crippen molar-refractivity contribution in [3.05, 3.63) is 57.6 Å². The minimum atomic E-state index is -0.423. The molecule has 144 valence electrons. The van der Waals surface area contributed by atoms with Crippen molar-refractivity contribution in [3.63, 3.8) is 0 Å². The molecule has 0 aliphatic carbocycles. The van der Waals surface area contributed by atoms with E-state index in [0.29, 0.717) is 43.5 Å². The molecule has 8 nitrogen and oxygen atoms in total. The van der Waals surface area contributed by atoms with Crippen LogP contribution < -0.4 is 15.3 Å². The maximum Gasteiger partial charge on any atom is 0.336 e. The van der Waals surface area contributed by atoms with E-state index in [-0.39, 0.29) is 12.5 Å². The Hall–Kier alpha value is -2.94. The number of aromatic nitrogens is 2. The van der Waals surface area contributed by atoms with Crippen LogP contribution in [0.3, 0.4) is 0 Å². The summed E-state index contributed by atoms with van der Waals surface area (Å²) in [5, 5.41) is 0.796. The predicted octanol–water partition coefficient (Wildman–Crippen LogP) is 2.07. The Labute approximate surface area is 168 Å². The standard InChI is InChI=1S/C19H17BrN4O4/c20-14-10-21-19(22-11-14)24-7-5-23(6-8-24)17(25)12-27-15-3-1-13-2-4-18(26)28-16(13)9-15/h1-4,9-11H,5-8,12H2. The fourth-order valence-electron chi connectivity index (χ4n) is 2.99. The quantitative estimate of drug-likeness (QED) is 0.569. The lowest BCUT2D eigenvalue weighted by Crippen LogP contribution is -2.50. The summed E-state index contributed by atoms with van der Waals surface area (Å²) in [6.07, 6.45) is 3.42. The van der Waals surface area contributed by atoms with Crippen LogP contribution in [-0.2, 0) is 4.79 Å². The maximum atomic E-state index is 12.4. The van der Waals surface area contributed by atoms with Gasteiger partial charge in [0, 0.05) is 56.1 Å². The van der Waals surface area contributed by atoms with Gasteiger partial charge in [-0.1, -0.05) is 0 Å². The molecule has 0 unspecified atom stereocenters. The number of nitrogens with zero attached hydrogens (tertiary/aromatic N) is 4. The third kappa shape index (κ3) is 4.14. The number of benzene rings is 1. The molecular weight excluding hydrogens is 428 g/mol. The summed E-state index contributed by atoms with van der Waals surface area (Å²) in [7, 11) is 0.